The number of carbonyl (C=O) groups excluding carboxylic acids is 1. The summed E-state index contributed by atoms with van der Waals surface area (Å²) in [5, 5.41) is 5.58. The zero-order valence-electron chi connectivity index (χ0n) is 16.1. The molecule has 0 radical (unpaired) electrons. The molecule has 0 saturated carbocycles. The third-order valence-corrected chi connectivity index (χ3v) is 5.85. The van der Waals surface area contributed by atoms with Gasteiger partial charge in [0.25, 0.3) is 5.56 Å². The van der Waals surface area contributed by atoms with E-state index in [1.807, 2.05) is 13.8 Å². The quantitative estimate of drug-likeness (QED) is 0.671. The maximum Gasteiger partial charge on any atom is 0.266 e. The molecule has 0 spiro atoms. The molecule has 1 atom stereocenters. The van der Waals surface area contributed by atoms with Crippen molar-refractivity contribution >= 4 is 21.4 Å². The minimum atomic E-state index is -3.26. The fourth-order valence-corrected chi connectivity index (χ4v) is 3.78. The Kier molecular flexibility index (Phi) is 5.12. The van der Waals surface area contributed by atoms with E-state index in [-0.39, 0.29) is 28.8 Å². The zero-order chi connectivity index (χ0) is 20.6. The first-order valence-corrected chi connectivity index (χ1v) is 10.6. The Morgan fingerprint density at radius 2 is 1.89 bits per heavy atom. The lowest BCUT2D eigenvalue weighted by Gasteiger charge is -2.16. The lowest BCUT2D eigenvalue weighted by Crippen LogP contribution is -2.29. The number of aryl methyl sites for hydroxylation is 2. The average Bonchev–Trinajstić information content (AvgIpc) is 2.98. The lowest BCUT2D eigenvalue weighted by molar-refractivity contribution is -0.121. The first-order valence-electron chi connectivity index (χ1n) is 8.73. The minimum Gasteiger partial charge on any atom is -0.349 e. The van der Waals surface area contributed by atoms with Crippen LogP contribution in [-0.4, -0.2) is 35.2 Å². The number of fused-ring (bicyclic) bond motifs is 1. The van der Waals surface area contributed by atoms with Gasteiger partial charge in [0, 0.05) is 29.3 Å². The predicted molar refractivity (Wildman–Crippen MR) is 105 cm³/mol. The monoisotopic (exact) mass is 402 g/mol. The van der Waals surface area contributed by atoms with Crippen LogP contribution < -0.4 is 10.9 Å². The van der Waals surface area contributed by atoms with Crippen LogP contribution >= 0.6 is 0 Å². The van der Waals surface area contributed by atoms with E-state index in [0.29, 0.717) is 11.3 Å². The molecule has 3 aromatic rings. The molecule has 3 rings (SSSR count). The fraction of sp³-hybridized carbons (Fsp3) is 0.316. The number of hydrogen-bond acceptors (Lipinski definition) is 5. The van der Waals surface area contributed by atoms with Crippen LogP contribution in [0.4, 0.5) is 0 Å². The van der Waals surface area contributed by atoms with Crippen LogP contribution in [0.5, 0.6) is 0 Å². The highest BCUT2D eigenvalue weighted by molar-refractivity contribution is 7.90. The van der Waals surface area contributed by atoms with Crippen molar-refractivity contribution < 1.29 is 13.2 Å². The van der Waals surface area contributed by atoms with Crippen LogP contribution in [0.1, 0.15) is 35.5 Å². The summed E-state index contributed by atoms with van der Waals surface area (Å²) in [6.45, 7) is 5.46. The number of nitrogens with one attached hydrogen (secondary N) is 2. The highest BCUT2D eigenvalue weighted by Gasteiger charge is 2.16. The molecule has 0 saturated heterocycles. The van der Waals surface area contributed by atoms with Gasteiger partial charge in [-0.05, 0) is 38.5 Å². The molecule has 0 aliphatic rings. The summed E-state index contributed by atoms with van der Waals surface area (Å²) in [7, 11) is -3.26. The second kappa shape index (κ2) is 7.23. The van der Waals surface area contributed by atoms with E-state index in [0.717, 1.165) is 23.1 Å². The number of rotatable bonds is 5. The van der Waals surface area contributed by atoms with Crippen molar-refractivity contribution in [1.29, 1.82) is 0 Å². The summed E-state index contributed by atoms with van der Waals surface area (Å²) in [6.07, 6.45) is 1.27. The van der Waals surface area contributed by atoms with E-state index in [2.05, 4.69) is 15.4 Å². The number of sulfone groups is 1. The van der Waals surface area contributed by atoms with Gasteiger partial charge in [0.15, 0.2) is 15.5 Å². The molecular formula is C19H22N4O4S. The average molecular weight is 402 g/mol. The minimum absolute atomic E-state index is 0.118. The van der Waals surface area contributed by atoms with Gasteiger partial charge in [-0.15, -0.1) is 0 Å². The molecule has 1 unspecified atom stereocenters. The maximum absolute atomic E-state index is 12.6. The second-order valence-electron chi connectivity index (χ2n) is 6.88. The number of H-pyrrole nitrogens is 1. The number of benzene rings is 1. The summed E-state index contributed by atoms with van der Waals surface area (Å²) in [4.78, 5) is 28.7. The number of carbonyl (C=O) groups is 1. The third kappa shape index (κ3) is 3.99. The van der Waals surface area contributed by atoms with Crippen molar-refractivity contribution in [2.75, 3.05) is 6.26 Å². The van der Waals surface area contributed by atoms with Gasteiger partial charge in [-0.1, -0.05) is 12.1 Å². The molecule has 2 aromatic heterocycles. The van der Waals surface area contributed by atoms with Gasteiger partial charge in [0.05, 0.1) is 17.4 Å². The Balaban J connectivity index is 1.77. The normalized spacial score (nSPS) is 12.9. The molecule has 1 aromatic carbocycles. The lowest BCUT2D eigenvalue weighted by atomic mass is 10.1. The zero-order valence-corrected chi connectivity index (χ0v) is 16.9. The van der Waals surface area contributed by atoms with Crippen LogP contribution in [0, 0.1) is 13.8 Å². The molecule has 0 fully saturated rings. The molecule has 0 bridgehead atoms. The van der Waals surface area contributed by atoms with Crippen LogP contribution in [-0.2, 0) is 21.1 Å². The van der Waals surface area contributed by atoms with E-state index >= 15 is 0 Å². The van der Waals surface area contributed by atoms with Crippen LogP contribution in [0.25, 0.3) is 5.65 Å². The summed E-state index contributed by atoms with van der Waals surface area (Å²) < 4.78 is 24.7. The first-order chi connectivity index (χ1) is 13.1. The first kappa shape index (κ1) is 19.8. The Morgan fingerprint density at radius 1 is 1.25 bits per heavy atom. The van der Waals surface area contributed by atoms with Gasteiger partial charge >= 0.3 is 0 Å². The van der Waals surface area contributed by atoms with Crippen molar-refractivity contribution in [3.63, 3.8) is 0 Å². The van der Waals surface area contributed by atoms with Crippen LogP contribution in [0.3, 0.4) is 0 Å². The Bertz CT molecular complexity index is 1210. The SMILES string of the molecule is Cc1nc2cc(=O)[nH]n2c(C)c1CC(=O)NC(C)c1ccc(S(C)(=O)=O)cc1. The van der Waals surface area contributed by atoms with E-state index < -0.39 is 9.84 Å². The molecule has 28 heavy (non-hydrogen) atoms. The number of amides is 1. The molecule has 2 N–H and O–H groups in total. The molecule has 148 valence electrons. The van der Waals surface area contributed by atoms with Gasteiger partial charge in [-0.2, -0.15) is 0 Å². The largest absolute Gasteiger partial charge is 0.349 e. The Labute approximate surface area is 162 Å². The Hall–Kier alpha value is -2.94. The second-order valence-corrected chi connectivity index (χ2v) is 8.90. The smallest absolute Gasteiger partial charge is 0.266 e. The molecule has 8 nitrogen and oxygen atoms in total. The van der Waals surface area contributed by atoms with Crippen molar-refractivity contribution in [2.45, 2.75) is 38.1 Å². The fourth-order valence-electron chi connectivity index (χ4n) is 3.15. The molecule has 2 heterocycles. The summed E-state index contributed by atoms with van der Waals surface area (Å²) in [5.41, 5.74) is 3.27. The van der Waals surface area contributed by atoms with Crippen molar-refractivity contribution in [2.24, 2.45) is 0 Å². The number of nitrogens with zero attached hydrogens (tertiary/aromatic N) is 2. The molecule has 1 amide bonds. The molecule has 0 aliphatic heterocycles. The van der Waals surface area contributed by atoms with E-state index in [4.69, 9.17) is 0 Å². The van der Waals surface area contributed by atoms with Gasteiger partial charge < -0.3 is 5.32 Å². The third-order valence-electron chi connectivity index (χ3n) is 4.73. The van der Waals surface area contributed by atoms with Crippen molar-refractivity contribution in [3.05, 3.63) is 63.2 Å². The van der Waals surface area contributed by atoms with E-state index in [9.17, 15) is 18.0 Å². The summed E-state index contributed by atoms with van der Waals surface area (Å²) in [6, 6.07) is 7.56. The summed E-state index contributed by atoms with van der Waals surface area (Å²) >= 11 is 0. The highest BCUT2D eigenvalue weighted by atomic mass is 32.2. The summed E-state index contributed by atoms with van der Waals surface area (Å²) in [5.74, 6) is -0.193. The number of aromatic nitrogens is 3. The standard InChI is InChI=1S/C19H22N4O4S/c1-11(14-5-7-15(8-6-14)28(4,26)27)21-18(24)9-16-12(2)20-17-10-19(25)22-23(17)13(16)3/h5-8,10-11H,9H2,1-4H3,(H,21,24)(H,22,25). The van der Waals surface area contributed by atoms with E-state index in [1.165, 1.54) is 18.2 Å². The molecule has 0 aliphatic carbocycles. The van der Waals surface area contributed by atoms with Gasteiger partial charge in [0.1, 0.15) is 0 Å². The highest BCUT2D eigenvalue weighted by Crippen LogP contribution is 2.18. The molecular weight excluding hydrogens is 380 g/mol. The number of hydrogen-bond donors (Lipinski definition) is 2. The topological polar surface area (TPSA) is 113 Å². The van der Waals surface area contributed by atoms with E-state index in [1.54, 1.807) is 23.6 Å². The number of aromatic amines is 1. The molecule has 9 heteroatoms. The van der Waals surface area contributed by atoms with Gasteiger partial charge in [-0.3, -0.25) is 14.7 Å². The van der Waals surface area contributed by atoms with Gasteiger partial charge in [-0.25, -0.2) is 17.9 Å². The van der Waals surface area contributed by atoms with Crippen molar-refractivity contribution in [3.8, 4) is 0 Å². The predicted octanol–water partition coefficient (Wildman–Crippen LogP) is 1.46. The van der Waals surface area contributed by atoms with Crippen LogP contribution in [0.2, 0.25) is 0 Å². The van der Waals surface area contributed by atoms with Gasteiger partial charge in [0.2, 0.25) is 5.91 Å². The Morgan fingerprint density at radius 3 is 2.50 bits per heavy atom. The maximum atomic E-state index is 12.6. The van der Waals surface area contributed by atoms with Crippen LogP contribution in [0.15, 0.2) is 40.0 Å². The van der Waals surface area contributed by atoms with Crippen molar-refractivity contribution in [1.82, 2.24) is 19.9 Å².